The Bertz CT molecular complexity index is 972. The summed E-state index contributed by atoms with van der Waals surface area (Å²) >= 11 is 0. The molecule has 1 aromatic heterocycles. The van der Waals surface area contributed by atoms with Crippen molar-refractivity contribution in [1.82, 2.24) is 25.5 Å². The van der Waals surface area contributed by atoms with E-state index < -0.39 is 29.6 Å². The van der Waals surface area contributed by atoms with Crippen molar-refractivity contribution >= 4 is 24.4 Å². The highest BCUT2D eigenvalue weighted by Gasteiger charge is 2.34. The fourth-order valence-electron chi connectivity index (χ4n) is 3.48. The van der Waals surface area contributed by atoms with E-state index in [4.69, 9.17) is 0 Å². The number of alkyl halides is 3. The van der Waals surface area contributed by atoms with Crippen LogP contribution in [0, 0.1) is 5.82 Å². The van der Waals surface area contributed by atoms with Gasteiger partial charge in [0.25, 0.3) is 0 Å². The van der Waals surface area contributed by atoms with Gasteiger partial charge in [-0.2, -0.15) is 13.2 Å². The average molecular weight is 491 g/mol. The number of halogens is 5. The fourth-order valence-corrected chi connectivity index (χ4v) is 3.48. The van der Waals surface area contributed by atoms with Gasteiger partial charge in [-0.1, -0.05) is 6.07 Å². The fraction of sp³-hybridized carbons (Fsp3) is 0.476. The van der Waals surface area contributed by atoms with Gasteiger partial charge in [-0.15, -0.1) is 12.4 Å². The first kappa shape index (κ1) is 26.6. The predicted molar refractivity (Wildman–Crippen MR) is 119 cm³/mol. The molecule has 0 fully saturated rings. The second-order valence-corrected chi connectivity index (χ2v) is 7.93. The minimum absolute atomic E-state index is 0. The van der Waals surface area contributed by atoms with Crippen molar-refractivity contribution in [2.45, 2.75) is 45.1 Å². The first-order valence-corrected chi connectivity index (χ1v) is 10.3. The summed E-state index contributed by atoms with van der Waals surface area (Å²) in [5.41, 5.74) is 0.588. The second-order valence-electron chi connectivity index (χ2n) is 7.93. The number of benzene rings is 1. The topological polar surface area (TPSA) is 82.2 Å². The molecule has 2 aromatic rings. The Kier molecular flexibility index (Phi) is 8.84. The van der Waals surface area contributed by atoms with Crippen LogP contribution in [0.25, 0.3) is 0 Å². The van der Waals surface area contributed by atoms with Crippen molar-refractivity contribution in [2.24, 2.45) is 0 Å². The maximum atomic E-state index is 14.0. The van der Waals surface area contributed by atoms with E-state index in [1.165, 1.54) is 6.07 Å². The highest BCUT2D eigenvalue weighted by atomic mass is 35.5. The monoisotopic (exact) mass is 490 g/mol. The lowest BCUT2D eigenvalue weighted by Gasteiger charge is -2.30. The Morgan fingerprint density at radius 2 is 2.00 bits per heavy atom. The van der Waals surface area contributed by atoms with E-state index in [0.717, 1.165) is 17.3 Å². The quantitative estimate of drug-likeness (QED) is 0.535. The number of hydrogen-bond acceptors (Lipinski definition) is 5. The van der Waals surface area contributed by atoms with Gasteiger partial charge in [-0.05, 0) is 50.6 Å². The van der Waals surface area contributed by atoms with E-state index in [0.29, 0.717) is 25.0 Å². The standard InChI is InChI=1S/C21H26F4N6O.ClH/c1-12(2)28-19-27-9-14-6-7-31(11-18(14)29-19)20(32)30-17(10-26-3)13-4-5-15(16(22)8-13)21(23,24)25;/h4-5,8-9,12,17,26H,6-7,10-11H2,1-3H3,(H,30,32)(H,27,28,29);1H/t17-;/m1./s1. The SMILES string of the molecule is CNC[C@@H](NC(=O)N1CCc2cnc(NC(C)C)nc2C1)c1ccc(C(F)(F)F)c(F)c1.Cl. The predicted octanol–water partition coefficient (Wildman–Crippen LogP) is 3.91. The van der Waals surface area contributed by atoms with Gasteiger partial charge in [0.05, 0.1) is 23.8 Å². The number of aromatic nitrogens is 2. The molecule has 7 nitrogen and oxygen atoms in total. The largest absolute Gasteiger partial charge is 0.419 e. The summed E-state index contributed by atoms with van der Waals surface area (Å²) in [5.74, 6) is -0.895. The van der Waals surface area contributed by atoms with Crippen LogP contribution in [0.5, 0.6) is 0 Å². The number of fused-ring (bicyclic) bond motifs is 1. The lowest BCUT2D eigenvalue weighted by molar-refractivity contribution is -0.140. The molecular weight excluding hydrogens is 464 g/mol. The molecule has 2 heterocycles. The molecule has 2 amide bonds. The Balaban J connectivity index is 0.00000385. The molecule has 0 bridgehead atoms. The van der Waals surface area contributed by atoms with Crippen LogP contribution in [0.3, 0.4) is 0 Å². The molecule has 33 heavy (non-hydrogen) atoms. The number of rotatable bonds is 6. The molecule has 1 atom stereocenters. The number of carbonyl (C=O) groups is 1. The van der Waals surface area contributed by atoms with Crippen LogP contribution in [0.2, 0.25) is 0 Å². The van der Waals surface area contributed by atoms with Crippen molar-refractivity contribution in [3.8, 4) is 0 Å². The average Bonchev–Trinajstić information content (AvgIpc) is 2.71. The molecule has 1 aromatic carbocycles. The van der Waals surface area contributed by atoms with E-state index in [1.54, 1.807) is 18.1 Å². The molecule has 0 saturated heterocycles. The summed E-state index contributed by atoms with van der Waals surface area (Å²) in [7, 11) is 1.64. The van der Waals surface area contributed by atoms with Crippen LogP contribution in [0.15, 0.2) is 24.4 Å². The molecule has 182 valence electrons. The second kappa shape index (κ2) is 11.0. The third-order valence-corrected chi connectivity index (χ3v) is 5.06. The van der Waals surface area contributed by atoms with Crippen LogP contribution in [-0.2, 0) is 19.1 Å². The van der Waals surface area contributed by atoms with E-state index in [9.17, 15) is 22.4 Å². The summed E-state index contributed by atoms with van der Waals surface area (Å²) < 4.78 is 52.6. The summed E-state index contributed by atoms with van der Waals surface area (Å²) in [4.78, 5) is 23.2. The van der Waals surface area contributed by atoms with Gasteiger partial charge < -0.3 is 20.9 Å². The first-order valence-electron chi connectivity index (χ1n) is 10.3. The molecule has 3 N–H and O–H groups in total. The molecule has 1 aliphatic heterocycles. The number of anilines is 1. The van der Waals surface area contributed by atoms with Gasteiger partial charge in [0.1, 0.15) is 5.82 Å². The number of amides is 2. The highest BCUT2D eigenvalue weighted by molar-refractivity contribution is 5.85. The van der Waals surface area contributed by atoms with E-state index in [2.05, 4.69) is 25.9 Å². The third-order valence-electron chi connectivity index (χ3n) is 5.06. The Morgan fingerprint density at radius 3 is 2.61 bits per heavy atom. The zero-order chi connectivity index (χ0) is 23.5. The van der Waals surface area contributed by atoms with Crippen LogP contribution >= 0.6 is 12.4 Å². The Hall–Kier alpha value is -2.66. The van der Waals surface area contributed by atoms with Crippen molar-refractivity contribution in [1.29, 1.82) is 0 Å². The third kappa shape index (κ3) is 6.67. The zero-order valence-electron chi connectivity index (χ0n) is 18.5. The van der Waals surface area contributed by atoms with Gasteiger partial charge in [-0.25, -0.2) is 19.2 Å². The number of urea groups is 1. The summed E-state index contributed by atoms with van der Waals surface area (Å²) in [5, 5.41) is 8.78. The van der Waals surface area contributed by atoms with Crippen molar-refractivity contribution in [3.05, 3.63) is 52.6 Å². The summed E-state index contributed by atoms with van der Waals surface area (Å²) in [6.45, 7) is 4.85. The molecule has 0 saturated carbocycles. The van der Waals surface area contributed by atoms with Crippen LogP contribution in [0.4, 0.5) is 28.3 Å². The minimum atomic E-state index is -4.78. The lowest BCUT2D eigenvalue weighted by Crippen LogP contribution is -2.46. The van der Waals surface area contributed by atoms with Gasteiger partial charge in [-0.3, -0.25) is 0 Å². The van der Waals surface area contributed by atoms with Gasteiger partial charge in [0.2, 0.25) is 5.95 Å². The van der Waals surface area contributed by atoms with Crippen molar-refractivity contribution in [3.63, 3.8) is 0 Å². The van der Waals surface area contributed by atoms with Crippen molar-refractivity contribution in [2.75, 3.05) is 25.5 Å². The molecule has 0 spiro atoms. The van der Waals surface area contributed by atoms with E-state index in [1.807, 2.05) is 13.8 Å². The number of hydrogen-bond donors (Lipinski definition) is 3. The number of nitrogens with one attached hydrogen (secondary N) is 3. The first-order chi connectivity index (χ1) is 15.1. The maximum absolute atomic E-state index is 14.0. The summed E-state index contributed by atoms with van der Waals surface area (Å²) in [6, 6.07) is 1.71. The van der Waals surface area contributed by atoms with Gasteiger partial charge in [0, 0.05) is 25.3 Å². The maximum Gasteiger partial charge on any atom is 0.419 e. The smallest absolute Gasteiger partial charge is 0.352 e. The minimum Gasteiger partial charge on any atom is -0.352 e. The van der Waals surface area contributed by atoms with E-state index >= 15 is 0 Å². The molecule has 0 unspecified atom stereocenters. The molecular formula is C21H27ClF4N6O. The molecule has 3 rings (SSSR count). The molecule has 0 aliphatic carbocycles. The van der Waals surface area contributed by atoms with Crippen LogP contribution in [-0.4, -0.2) is 47.1 Å². The number of likely N-dealkylation sites (N-methyl/N-ethyl adjacent to an activating group) is 1. The number of nitrogens with zero attached hydrogens (tertiary/aromatic N) is 3. The molecule has 12 heteroatoms. The molecule has 1 aliphatic rings. The summed E-state index contributed by atoms with van der Waals surface area (Å²) in [6.07, 6.45) is -2.45. The van der Waals surface area contributed by atoms with Gasteiger partial charge >= 0.3 is 12.2 Å². The molecule has 0 radical (unpaired) electrons. The van der Waals surface area contributed by atoms with Gasteiger partial charge in [0.15, 0.2) is 0 Å². The highest BCUT2D eigenvalue weighted by Crippen LogP contribution is 2.32. The van der Waals surface area contributed by atoms with Crippen LogP contribution in [0.1, 0.15) is 42.3 Å². The van der Waals surface area contributed by atoms with E-state index in [-0.39, 0.29) is 37.1 Å². The Labute approximate surface area is 195 Å². The van der Waals surface area contributed by atoms with Crippen molar-refractivity contribution < 1.29 is 22.4 Å². The lowest BCUT2D eigenvalue weighted by atomic mass is 10.0. The Morgan fingerprint density at radius 1 is 1.27 bits per heavy atom. The zero-order valence-corrected chi connectivity index (χ0v) is 19.3. The van der Waals surface area contributed by atoms with Crippen LogP contribution < -0.4 is 16.0 Å². The normalized spacial score (nSPS) is 14.4. The number of carbonyl (C=O) groups excluding carboxylic acids is 1.